The zero-order valence-electron chi connectivity index (χ0n) is 19.3. The van der Waals surface area contributed by atoms with E-state index in [4.69, 9.17) is 9.47 Å². The van der Waals surface area contributed by atoms with Gasteiger partial charge in [0, 0.05) is 30.9 Å². The van der Waals surface area contributed by atoms with E-state index in [0.717, 1.165) is 11.3 Å². The Morgan fingerprint density at radius 1 is 1.15 bits per heavy atom. The van der Waals surface area contributed by atoms with E-state index >= 15 is 0 Å². The van der Waals surface area contributed by atoms with Gasteiger partial charge in [-0.15, -0.1) is 0 Å². The average molecular weight is 464 g/mol. The second-order valence-electron chi connectivity index (χ2n) is 8.83. The van der Waals surface area contributed by atoms with Crippen molar-refractivity contribution in [3.8, 4) is 17.0 Å². The predicted molar refractivity (Wildman–Crippen MR) is 127 cm³/mol. The molecule has 0 unspecified atom stereocenters. The smallest absolute Gasteiger partial charge is 0.409 e. The molecule has 9 nitrogen and oxygen atoms in total. The zero-order valence-corrected chi connectivity index (χ0v) is 19.3. The first-order chi connectivity index (χ1) is 16.6. The first-order valence-electron chi connectivity index (χ1n) is 11.9. The molecule has 1 aliphatic heterocycles. The van der Waals surface area contributed by atoms with E-state index in [1.165, 1.54) is 19.2 Å². The molecular weight excluding hydrogens is 434 g/mol. The van der Waals surface area contributed by atoms with Crippen molar-refractivity contribution in [2.75, 3.05) is 26.3 Å². The van der Waals surface area contributed by atoms with Crippen LogP contribution >= 0.6 is 0 Å². The number of H-pyrrole nitrogens is 1. The van der Waals surface area contributed by atoms with Crippen LogP contribution < -0.4 is 10.1 Å². The number of fused-ring (bicyclic) bond motifs is 1. The van der Waals surface area contributed by atoms with Gasteiger partial charge >= 0.3 is 6.09 Å². The minimum atomic E-state index is -0.297. The summed E-state index contributed by atoms with van der Waals surface area (Å²) in [6, 6.07) is 7.81. The summed E-state index contributed by atoms with van der Waals surface area (Å²) < 4.78 is 11.1. The molecule has 3 aromatic rings. The standard InChI is InChI=1S/C25H29N5O4/c1-2-33-25(32)30-11-9-17(10-12-30)29-24(31)19-13-26-23-21(27-15-28-22(19)23)18-5-3-4-6-20(18)34-14-16-7-8-16/h3-6,13,15-17,26H,2,7-12,14H2,1H3,(H,29,31). The topological polar surface area (TPSA) is 109 Å². The van der Waals surface area contributed by atoms with Gasteiger partial charge in [0.1, 0.15) is 23.3 Å². The number of ether oxygens (including phenoxy) is 2. The fourth-order valence-corrected chi connectivity index (χ4v) is 4.28. The molecule has 0 spiro atoms. The second kappa shape index (κ2) is 9.70. The van der Waals surface area contributed by atoms with Crippen molar-refractivity contribution in [2.24, 2.45) is 5.92 Å². The van der Waals surface area contributed by atoms with Crippen LogP contribution in [-0.2, 0) is 4.74 Å². The second-order valence-corrected chi connectivity index (χ2v) is 8.83. The summed E-state index contributed by atoms with van der Waals surface area (Å²) >= 11 is 0. The summed E-state index contributed by atoms with van der Waals surface area (Å²) in [6.45, 7) is 3.97. The number of aromatic amines is 1. The van der Waals surface area contributed by atoms with Crippen LogP contribution in [0.2, 0.25) is 0 Å². The van der Waals surface area contributed by atoms with E-state index in [1.54, 1.807) is 18.0 Å². The Hall–Kier alpha value is -3.62. The van der Waals surface area contributed by atoms with E-state index in [2.05, 4.69) is 20.3 Å². The molecule has 3 heterocycles. The van der Waals surface area contributed by atoms with Gasteiger partial charge in [-0.05, 0) is 50.7 Å². The maximum atomic E-state index is 13.1. The lowest BCUT2D eigenvalue weighted by atomic mass is 10.0. The highest BCUT2D eigenvalue weighted by molar-refractivity contribution is 6.07. The number of rotatable bonds is 7. The number of piperidine rings is 1. The van der Waals surface area contributed by atoms with Crippen molar-refractivity contribution >= 4 is 23.0 Å². The monoisotopic (exact) mass is 463 g/mol. The van der Waals surface area contributed by atoms with Crippen LogP contribution in [-0.4, -0.2) is 64.2 Å². The first-order valence-corrected chi connectivity index (χ1v) is 11.9. The first kappa shape index (κ1) is 22.2. The van der Waals surface area contributed by atoms with Crippen molar-refractivity contribution in [1.29, 1.82) is 0 Å². The van der Waals surface area contributed by atoms with E-state index in [-0.39, 0.29) is 18.0 Å². The van der Waals surface area contributed by atoms with Gasteiger partial charge < -0.3 is 24.7 Å². The van der Waals surface area contributed by atoms with Crippen molar-refractivity contribution in [2.45, 2.75) is 38.6 Å². The summed E-state index contributed by atoms with van der Waals surface area (Å²) in [5.41, 5.74) is 3.33. The van der Waals surface area contributed by atoms with Crippen LogP contribution in [0, 0.1) is 5.92 Å². The van der Waals surface area contributed by atoms with Gasteiger partial charge in [0.2, 0.25) is 0 Å². The molecule has 9 heteroatoms. The molecule has 34 heavy (non-hydrogen) atoms. The Balaban J connectivity index is 1.31. The lowest BCUT2D eigenvalue weighted by Crippen LogP contribution is -2.46. The van der Waals surface area contributed by atoms with Crippen molar-refractivity contribution in [3.05, 3.63) is 42.4 Å². The molecule has 1 saturated carbocycles. The molecule has 178 valence electrons. The number of para-hydroxylation sites is 1. The number of carbonyl (C=O) groups excluding carboxylic acids is 2. The molecule has 0 bridgehead atoms. The zero-order chi connectivity index (χ0) is 23.5. The van der Waals surface area contributed by atoms with Crippen LogP contribution in [0.3, 0.4) is 0 Å². The Morgan fingerprint density at radius 2 is 1.94 bits per heavy atom. The fraction of sp³-hybridized carbons (Fsp3) is 0.440. The molecule has 2 amide bonds. The van der Waals surface area contributed by atoms with Crippen molar-refractivity contribution < 1.29 is 19.1 Å². The third-order valence-electron chi connectivity index (χ3n) is 6.38. The molecule has 2 N–H and O–H groups in total. The number of aromatic nitrogens is 3. The maximum absolute atomic E-state index is 13.1. The lowest BCUT2D eigenvalue weighted by Gasteiger charge is -2.31. The number of likely N-dealkylation sites (tertiary alicyclic amines) is 1. The van der Waals surface area contributed by atoms with Gasteiger partial charge in [0.25, 0.3) is 5.91 Å². The quantitative estimate of drug-likeness (QED) is 0.552. The lowest BCUT2D eigenvalue weighted by molar-refractivity contribution is 0.0861. The SMILES string of the molecule is CCOC(=O)N1CCC(NC(=O)c2c[nH]c3c(-c4ccccc4OCC4CC4)ncnc23)CC1. The highest BCUT2D eigenvalue weighted by Gasteiger charge is 2.27. The summed E-state index contributed by atoms with van der Waals surface area (Å²) in [5, 5.41) is 3.09. The van der Waals surface area contributed by atoms with Crippen LogP contribution in [0.15, 0.2) is 36.8 Å². The van der Waals surface area contributed by atoms with Crippen molar-refractivity contribution in [1.82, 2.24) is 25.2 Å². The molecular formula is C25H29N5O4. The predicted octanol–water partition coefficient (Wildman–Crippen LogP) is 3.76. The minimum Gasteiger partial charge on any atom is -0.493 e. The van der Waals surface area contributed by atoms with E-state index < -0.39 is 0 Å². The number of nitrogens with zero attached hydrogens (tertiary/aromatic N) is 3. The summed E-state index contributed by atoms with van der Waals surface area (Å²) in [6.07, 6.45) is 6.66. The third kappa shape index (κ3) is 4.69. The number of hydrogen-bond donors (Lipinski definition) is 2. The highest BCUT2D eigenvalue weighted by atomic mass is 16.6. The Kier molecular flexibility index (Phi) is 6.33. The van der Waals surface area contributed by atoms with Crippen LogP contribution in [0.1, 0.15) is 43.0 Å². The van der Waals surface area contributed by atoms with Gasteiger partial charge in [0.05, 0.1) is 24.3 Å². The van der Waals surface area contributed by atoms with Crippen LogP contribution in [0.4, 0.5) is 4.79 Å². The summed E-state index contributed by atoms with van der Waals surface area (Å²) in [4.78, 5) is 38.8. The number of carbonyl (C=O) groups is 2. The maximum Gasteiger partial charge on any atom is 0.409 e. The van der Waals surface area contributed by atoms with Crippen LogP contribution in [0.25, 0.3) is 22.3 Å². The minimum absolute atomic E-state index is 0.0130. The molecule has 1 aliphatic carbocycles. The molecule has 2 fully saturated rings. The normalized spacial score (nSPS) is 16.4. The largest absolute Gasteiger partial charge is 0.493 e. The Labute approximate surface area is 197 Å². The molecule has 0 radical (unpaired) electrons. The Bertz CT molecular complexity index is 1180. The van der Waals surface area contributed by atoms with Gasteiger partial charge in [0.15, 0.2) is 0 Å². The molecule has 5 rings (SSSR count). The van der Waals surface area contributed by atoms with Crippen LogP contribution in [0.5, 0.6) is 5.75 Å². The molecule has 1 saturated heterocycles. The van der Waals surface area contributed by atoms with E-state index in [0.29, 0.717) is 67.4 Å². The highest BCUT2D eigenvalue weighted by Crippen LogP contribution is 2.35. The summed E-state index contributed by atoms with van der Waals surface area (Å²) in [5.74, 6) is 1.23. The van der Waals surface area contributed by atoms with Gasteiger partial charge in [-0.3, -0.25) is 4.79 Å². The van der Waals surface area contributed by atoms with E-state index in [1.807, 2.05) is 24.3 Å². The molecule has 2 aliphatic rings. The molecule has 2 aromatic heterocycles. The van der Waals surface area contributed by atoms with Gasteiger partial charge in [-0.2, -0.15) is 0 Å². The fourth-order valence-electron chi connectivity index (χ4n) is 4.28. The summed E-state index contributed by atoms with van der Waals surface area (Å²) in [7, 11) is 0. The van der Waals surface area contributed by atoms with Gasteiger partial charge in [-0.25, -0.2) is 14.8 Å². The van der Waals surface area contributed by atoms with Crippen molar-refractivity contribution in [3.63, 3.8) is 0 Å². The third-order valence-corrected chi connectivity index (χ3v) is 6.38. The van der Waals surface area contributed by atoms with E-state index in [9.17, 15) is 9.59 Å². The molecule has 0 atom stereocenters. The molecule has 1 aromatic carbocycles. The average Bonchev–Trinajstić information content (AvgIpc) is 3.59. The number of amides is 2. The number of nitrogens with one attached hydrogen (secondary N) is 2. The van der Waals surface area contributed by atoms with Gasteiger partial charge in [-0.1, -0.05) is 12.1 Å². The number of hydrogen-bond acceptors (Lipinski definition) is 6. The number of benzene rings is 1. The Morgan fingerprint density at radius 3 is 2.71 bits per heavy atom.